The Morgan fingerprint density at radius 2 is 1.91 bits per heavy atom. The van der Waals surface area contributed by atoms with E-state index in [9.17, 15) is 4.79 Å². The standard InChI is InChI=1S/C28H25N5O/c34-27(33-18-28(19-33)13-5-14-29-17-28)22-10-12-25-23(16-22)24(31-32-25)11-9-21-8-4-15-30-26(21)20-6-2-1-3-7-20/h1-4,6-8,10,12,15-16,29H,5,13-14,17-19H2,(H,31,32). The molecule has 2 fully saturated rings. The van der Waals surface area contributed by atoms with Crippen LogP contribution in [0.1, 0.15) is 34.5 Å². The summed E-state index contributed by atoms with van der Waals surface area (Å²) in [5.74, 6) is 6.52. The molecule has 0 radical (unpaired) electrons. The van der Waals surface area contributed by atoms with E-state index in [2.05, 4.69) is 32.3 Å². The Balaban J connectivity index is 1.27. The largest absolute Gasteiger partial charge is 0.337 e. The Bertz CT molecular complexity index is 1420. The van der Waals surface area contributed by atoms with Crippen molar-refractivity contribution in [3.8, 4) is 23.1 Å². The van der Waals surface area contributed by atoms with E-state index >= 15 is 0 Å². The normalized spacial score (nSPS) is 16.6. The van der Waals surface area contributed by atoms with Crippen LogP contribution in [0.3, 0.4) is 0 Å². The Morgan fingerprint density at radius 1 is 1.03 bits per heavy atom. The number of likely N-dealkylation sites (tertiary alicyclic amines) is 1. The number of hydrogen-bond acceptors (Lipinski definition) is 4. The van der Waals surface area contributed by atoms with Crippen LogP contribution in [0.5, 0.6) is 0 Å². The van der Waals surface area contributed by atoms with Crippen molar-refractivity contribution in [2.24, 2.45) is 5.41 Å². The second-order valence-electron chi connectivity index (χ2n) is 9.29. The molecular formula is C28H25N5O. The summed E-state index contributed by atoms with van der Waals surface area (Å²) in [5.41, 5.74) is 5.15. The molecule has 0 saturated carbocycles. The molecule has 4 heterocycles. The van der Waals surface area contributed by atoms with Gasteiger partial charge >= 0.3 is 0 Å². The number of nitrogens with one attached hydrogen (secondary N) is 2. The second kappa shape index (κ2) is 8.44. The number of hydrogen-bond donors (Lipinski definition) is 2. The third kappa shape index (κ3) is 3.74. The van der Waals surface area contributed by atoms with Crippen LogP contribution in [-0.2, 0) is 0 Å². The molecule has 4 aromatic rings. The Morgan fingerprint density at radius 3 is 2.74 bits per heavy atom. The molecule has 168 valence electrons. The lowest BCUT2D eigenvalue weighted by atomic mass is 9.74. The van der Waals surface area contributed by atoms with Gasteiger partial charge in [0.05, 0.1) is 16.8 Å². The fourth-order valence-electron chi connectivity index (χ4n) is 5.09. The summed E-state index contributed by atoms with van der Waals surface area (Å²) < 4.78 is 0. The van der Waals surface area contributed by atoms with Crippen LogP contribution in [0, 0.1) is 17.3 Å². The van der Waals surface area contributed by atoms with Gasteiger partial charge in [0.1, 0.15) is 5.69 Å². The number of aromatic nitrogens is 3. The highest BCUT2D eigenvalue weighted by molar-refractivity contribution is 5.99. The lowest BCUT2D eigenvalue weighted by Gasteiger charge is -2.52. The second-order valence-corrected chi connectivity index (χ2v) is 9.29. The van der Waals surface area contributed by atoms with Gasteiger partial charge in [0, 0.05) is 47.8 Å². The summed E-state index contributed by atoms with van der Waals surface area (Å²) >= 11 is 0. The highest BCUT2D eigenvalue weighted by atomic mass is 16.2. The molecule has 2 saturated heterocycles. The molecule has 34 heavy (non-hydrogen) atoms. The first-order chi connectivity index (χ1) is 16.7. The van der Waals surface area contributed by atoms with Gasteiger partial charge in [-0.05, 0) is 55.6 Å². The maximum absolute atomic E-state index is 13.1. The van der Waals surface area contributed by atoms with Crippen LogP contribution >= 0.6 is 0 Å². The predicted molar refractivity (Wildman–Crippen MR) is 132 cm³/mol. The maximum atomic E-state index is 13.1. The van der Waals surface area contributed by atoms with E-state index in [0.29, 0.717) is 11.3 Å². The summed E-state index contributed by atoms with van der Waals surface area (Å²) in [6.07, 6.45) is 4.16. The van der Waals surface area contributed by atoms with Gasteiger partial charge in [0.25, 0.3) is 5.91 Å². The quantitative estimate of drug-likeness (QED) is 0.458. The van der Waals surface area contributed by atoms with Crippen LogP contribution in [-0.4, -0.2) is 52.2 Å². The molecule has 0 atom stereocenters. The Kier molecular flexibility index (Phi) is 5.12. The lowest BCUT2D eigenvalue weighted by Crippen LogP contribution is -2.63. The number of H-pyrrole nitrogens is 1. The molecule has 1 spiro atoms. The van der Waals surface area contributed by atoms with Crippen molar-refractivity contribution in [3.63, 3.8) is 0 Å². The molecule has 2 aliphatic rings. The molecule has 6 rings (SSSR count). The van der Waals surface area contributed by atoms with Gasteiger partial charge in [0.15, 0.2) is 0 Å². The lowest BCUT2D eigenvalue weighted by molar-refractivity contribution is -0.00721. The average molecular weight is 448 g/mol. The molecule has 0 bridgehead atoms. The molecule has 2 aromatic carbocycles. The van der Waals surface area contributed by atoms with Gasteiger partial charge in [-0.2, -0.15) is 5.10 Å². The number of carbonyl (C=O) groups excluding carboxylic acids is 1. The Hall–Kier alpha value is -3.95. The SMILES string of the molecule is O=C(c1ccc2[nH]nc(C#Cc3cccnc3-c3ccccc3)c2c1)N1CC2(CCCNC2)C1. The van der Waals surface area contributed by atoms with E-state index in [1.165, 1.54) is 12.8 Å². The third-order valence-electron chi connectivity index (χ3n) is 6.88. The minimum Gasteiger partial charge on any atom is -0.337 e. The van der Waals surface area contributed by atoms with E-state index in [-0.39, 0.29) is 11.3 Å². The molecule has 1 amide bonds. The van der Waals surface area contributed by atoms with Crippen molar-refractivity contribution in [1.82, 2.24) is 25.4 Å². The van der Waals surface area contributed by atoms with Crippen molar-refractivity contribution in [1.29, 1.82) is 0 Å². The third-order valence-corrected chi connectivity index (χ3v) is 6.88. The zero-order chi connectivity index (χ0) is 23.0. The first kappa shape index (κ1) is 20.6. The zero-order valence-corrected chi connectivity index (χ0v) is 18.8. The van der Waals surface area contributed by atoms with Gasteiger partial charge in [-0.1, -0.05) is 36.3 Å². The Labute approximate surface area is 198 Å². The number of carbonyl (C=O) groups is 1. The van der Waals surface area contributed by atoms with Gasteiger partial charge in [-0.15, -0.1) is 0 Å². The topological polar surface area (TPSA) is 73.9 Å². The molecule has 2 aliphatic heterocycles. The number of benzene rings is 2. The molecular weight excluding hydrogens is 422 g/mol. The predicted octanol–water partition coefficient (Wildman–Crippen LogP) is 3.85. The zero-order valence-electron chi connectivity index (χ0n) is 18.8. The van der Waals surface area contributed by atoms with E-state index in [1.807, 2.05) is 65.6 Å². The summed E-state index contributed by atoms with van der Waals surface area (Å²) in [6.45, 7) is 3.76. The molecule has 0 unspecified atom stereocenters. The van der Waals surface area contributed by atoms with Crippen molar-refractivity contribution in [2.45, 2.75) is 12.8 Å². The molecule has 6 heteroatoms. The fourth-order valence-corrected chi connectivity index (χ4v) is 5.09. The van der Waals surface area contributed by atoms with Crippen LogP contribution in [0.15, 0.2) is 66.9 Å². The molecule has 6 nitrogen and oxygen atoms in total. The minimum atomic E-state index is 0.0804. The smallest absolute Gasteiger partial charge is 0.253 e. The van der Waals surface area contributed by atoms with Crippen LogP contribution in [0.25, 0.3) is 22.2 Å². The summed E-state index contributed by atoms with van der Waals surface area (Å²) in [6, 6.07) is 19.6. The number of nitrogens with zero attached hydrogens (tertiary/aromatic N) is 3. The summed E-state index contributed by atoms with van der Waals surface area (Å²) in [4.78, 5) is 19.6. The van der Waals surface area contributed by atoms with Crippen LogP contribution in [0.4, 0.5) is 0 Å². The summed E-state index contributed by atoms with van der Waals surface area (Å²) in [5, 5.41) is 11.8. The van der Waals surface area contributed by atoms with Crippen molar-refractivity contribution in [2.75, 3.05) is 26.2 Å². The first-order valence-electron chi connectivity index (χ1n) is 11.7. The van der Waals surface area contributed by atoms with Crippen molar-refractivity contribution in [3.05, 3.63) is 83.7 Å². The molecule has 2 aromatic heterocycles. The number of fused-ring (bicyclic) bond motifs is 1. The van der Waals surface area contributed by atoms with Crippen molar-refractivity contribution < 1.29 is 4.79 Å². The van der Waals surface area contributed by atoms with Gasteiger partial charge in [-0.3, -0.25) is 14.9 Å². The van der Waals surface area contributed by atoms with E-state index in [4.69, 9.17) is 0 Å². The van der Waals surface area contributed by atoms with E-state index in [1.54, 1.807) is 6.20 Å². The number of aromatic amines is 1. The molecule has 0 aliphatic carbocycles. The number of rotatable bonds is 2. The van der Waals surface area contributed by atoms with Gasteiger partial charge in [-0.25, -0.2) is 0 Å². The molecule has 2 N–H and O–H groups in total. The highest BCUT2D eigenvalue weighted by Gasteiger charge is 2.45. The van der Waals surface area contributed by atoms with E-state index < -0.39 is 0 Å². The van der Waals surface area contributed by atoms with Crippen LogP contribution < -0.4 is 5.32 Å². The van der Waals surface area contributed by atoms with Crippen molar-refractivity contribution >= 4 is 16.8 Å². The fraction of sp³-hybridized carbons (Fsp3) is 0.250. The van der Waals surface area contributed by atoms with Gasteiger partial charge in [0.2, 0.25) is 0 Å². The number of amides is 1. The van der Waals surface area contributed by atoms with E-state index in [0.717, 1.165) is 53.9 Å². The number of piperidine rings is 1. The maximum Gasteiger partial charge on any atom is 0.253 e. The minimum absolute atomic E-state index is 0.0804. The number of pyridine rings is 1. The summed E-state index contributed by atoms with van der Waals surface area (Å²) in [7, 11) is 0. The van der Waals surface area contributed by atoms with Crippen LogP contribution in [0.2, 0.25) is 0 Å². The first-order valence-corrected chi connectivity index (χ1v) is 11.7. The van der Waals surface area contributed by atoms with Gasteiger partial charge < -0.3 is 10.2 Å². The highest BCUT2D eigenvalue weighted by Crippen LogP contribution is 2.37. The average Bonchev–Trinajstić information content (AvgIpc) is 3.29. The monoisotopic (exact) mass is 447 g/mol.